The van der Waals surface area contributed by atoms with Crippen LogP contribution in [-0.4, -0.2) is 30.8 Å². The van der Waals surface area contributed by atoms with E-state index >= 15 is 0 Å². The molecule has 0 heterocycles. The standard InChI is InChI=1S/C10H9ClF3NO2/c1-15(5-10(12,13)14)8-4-6(11)2-3-7(8)9(16)17/h2-4H,5H2,1H3,(H,16,17). The van der Waals surface area contributed by atoms with Gasteiger partial charge in [0.2, 0.25) is 0 Å². The molecule has 0 aliphatic carbocycles. The van der Waals surface area contributed by atoms with E-state index in [1.807, 2.05) is 0 Å². The highest BCUT2D eigenvalue weighted by atomic mass is 35.5. The molecule has 0 aliphatic heterocycles. The van der Waals surface area contributed by atoms with E-state index in [4.69, 9.17) is 16.7 Å². The Labute approximate surface area is 100 Å². The van der Waals surface area contributed by atoms with Crippen molar-refractivity contribution in [3.63, 3.8) is 0 Å². The summed E-state index contributed by atoms with van der Waals surface area (Å²) in [6, 6.07) is 3.68. The first-order valence-corrected chi connectivity index (χ1v) is 4.89. The zero-order valence-corrected chi connectivity index (χ0v) is 9.51. The van der Waals surface area contributed by atoms with Gasteiger partial charge in [-0.25, -0.2) is 4.79 Å². The maximum atomic E-state index is 12.2. The number of carboxylic acids is 1. The second-order valence-corrected chi connectivity index (χ2v) is 3.87. The first kappa shape index (κ1) is 13.6. The highest BCUT2D eigenvalue weighted by Crippen LogP contribution is 2.27. The minimum Gasteiger partial charge on any atom is -0.478 e. The fourth-order valence-corrected chi connectivity index (χ4v) is 1.52. The SMILES string of the molecule is CN(CC(F)(F)F)c1cc(Cl)ccc1C(=O)O. The largest absolute Gasteiger partial charge is 0.478 e. The Kier molecular flexibility index (Phi) is 3.87. The number of carbonyl (C=O) groups is 1. The molecule has 0 spiro atoms. The summed E-state index contributed by atoms with van der Waals surface area (Å²) in [6.45, 7) is -1.24. The van der Waals surface area contributed by atoms with Crippen LogP contribution in [0.15, 0.2) is 18.2 Å². The number of rotatable bonds is 3. The van der Waals surface area contributed by atoms with Crippen molar-refractivity contribution in [1.29, 1.82) is 0 Å². The average molecular weight is 268 g/mol. The van der Waals surface area contributed by atoms with Crippen LogP contribution in [0.25, 0.3) is 0 Å². The molecular weight excluding hydrogens is 259 g/mol. The van der Waals surface area contributed by atoms with E-state index < -0.39 is 18.7 Å². The molecule has 7 heteroatoms. The molecule has 0 atom stereocenters. The fourth-order valence-electron chi connectivity index (χ4n) is 1.36. The number of carboxylic acid groups (broad SMARTS) is 1. The molecule has 0 bridgehead atoms. The van der Waals surface area contributed by atoms with Crippen molar-refractivity contribution in [2.45, 2.75) is 6.18 Å². The van der Waals surface area contributed by atoms with E-state index in [0.717, 1.165) is 11.9 Å². The van der Waals surface area contributed by atoms with E-state index in [9.17, 15) is 18.0 Å². The molecule has 0 saturated carbocycles. The predicted octanol–water partition coefficient (Wildman–Crippen LogP) is 3.04. The smallest absolute Gasteiger partial charge is 0.405 e. The second kappa shape index (κ2) is 4.83. The lowest BCUT2D eigenvalue weighted by Gasteiger charge is -2.22. The molecule has 0 aromatic heterocycles. The van der Waals surface area contributed by atoms with Gasteiger partial charge in [0, 0.05) is 12.1 Å². The molecule has 94 valence electrons. The highest BCUT2D eigenvalue weighted by molar-refractivity contribution is 6.31. The van der Waals surface area contributed by atoms with Crippen molar-refractivity contribution in [2.24, 2.45) is 0 Å². The number of hydrogen-bond donors (Lipinski definition) is 1. The van der Waals surface area contributed by atoms with Gasteiger partial charge in [0.05, 0.1) is 11.3 Å². The van der Waals surface area contributed by atoms with Crippen molar-refractivity contribution in [3.05, 3.63) is 28.8 Å². The van der Waals surface area contributed by atoms with Crippen LogP contribution in [-0.2, 0) is 0 Å². The van der Waals surface area contributed by atoms with E-state index in [1.54, 1.807) is 0 Å². The van der Waals surface area contributed by atoms with Gasteiger partial charge in [0.1, 0.15) is 6.54 Å². The topological polar surface area (TPSA) is 40.5 Å². The Balaban J connectivity index is 3.10. The first-order valence-electron chi connectivity index (χ1n) is 4.51. The summed E-state index contributed by atoms with van der Waals surface area (Å²) in [4.78, 5) is 11.7. The van der Waals surface area contributed by atoms with Crippen molar-refractivity contribution in [2.75, 3.05) is 18.5 Å². The molecule has 0 unspecified atom stereocenters. The minimum absolute atomic E-state index is 0.0673. The second-order valence-electron chi connectivity index (χ2n) is 3.44. The summed E-state index contributed by atoms with van der Waals surface area (Å²) in [7, 11) is 1.16. The Hall–Kier alpha value is -1.43. The van der Waals surface area contributed by atoms with Crippen LogP contribution in [0.1, 0.15) is 10.4 Å². The zero-order valence-electron chi connectivity index (χ0n) is 8.75. The lowest BCUT2D eigenvalue weighted by Crippen LogP contribution is -2.31. The first-order chi connectivity index (χ1) is 7.70. The Morgan fingerprint density at radius 1 is 1.47 bits per heavy atom. The van der Waals surface area contributed by atoms with Gasteiger partial charge in [-0.1, -0.05) is 11.6 Å². The fraction of sp³-hybridized carbons (Fsp3) is 0.300. The minimum atomic E-state index is -4.41. The summed E-state index contributed by atoms with van der Waals surface area (Å²) >= 11 is 5.64. The van der Waals surface area contributed by atoms with Crippen LogP contribution in [0.2, 0.25) is 5.02 Å². The van der Waals surface area contributed by atoms with Crippen molar-refractivity contribution >= 4 is 23.3 Å². The molecule has 1 rings (SSSR count). The van der Waals surface area contributed by atoms with E-state index in [0.29, 0.717) is 0 Å². The third-order valence-electron chi connectivity index (χ3n) is 2.02. The van der Waals surface area contributed by atoms with Crippen molar-refractivity contribution < 1.29 is 23.1 Å². The van der Waals surface area contributed by atoms with E-state index in [-0.39, 0.29) is 16.3 Å². The molecule has 1 aromatic rings. The van der Waals surface area contributed by atoms with Gasteiger partial charge < -0.3 is 10.0 Å². The van der Waals surface area contributed by atoms with Gasteiger partial charge >= 0.3 is 12.1 Å². The zero-order chi connectivity index (χ0) is 13.2. The Bertz CT molecular complexity index is 434. The summed E-state index contributed by atoms with van der Waals surface area (Å²) in [5, 5.41) is 9.03. The van der Waals surface area contributed by atoms with Gasteiger partial charge in [0.25, 0.3) is 0 Å². The molecule has 3 nitrogen and oxygen atoms in total. The number of aromatic carboxylic acids is 1. The van der Waals surface area contributed by atoms with Gasteiger partial charge in [-0.15, -0.1) is 0 Å². The van der Waals surface area contributed by atoms with Crippen LogP contribution >= 0.6 is 11.6 Å². The van der Waals surface area contributed by atoms with Crippen LogP contribution in [0.3, 0.4) is 0 Å². The van der Waals surface area contributed by atoms with Gasteiger partial charge in [-0.2, -0.15) is 13.2 Å². The van der Waals surface area contributed by atoms with E-state index in [2.05, 4.69) is 0 Å². The molecule has 0 fully saturated rings. The third kappa shape index (κ3) is 3.81. The molecule has 1 aromatic carbocycles. The van der Waals surface area contributed by atoms with Gasteiger partial charge in [-0.05, 0) is 18.2 Å². The Morgan fingerprint density at radius 2 is 2.06 bits per heavy atom. The normalized spacial score (nSPS) is 11.4. The van der Waals surface area contributed by atoms with Gasteiger partial charge in [-0.3, -0.25) is 0 Å². The van der Waals surface area contributed by atoms with E-state index in [1.165, 1.54) is 18.2 Å². The molecular formula is C10H9ClF3NO2. The maximum Gasteiger partial charge on any atom is 0.405 e. The number of anilines is 1. The molecule has 1 N–H and O–H groups in total. The Morgan fingerprint density at radius 3 is 2.53 bits per heavy atom. The van der Waals surface area contributed by atoms with Crippen LogP contribution in [0, 0.1) is 0 Å². The molecule has 0 saturated heterocycles. The van der Waals surface area contributed by atoms with Crippen LogP contribution in [0.4, 0.5) is 18.9 Å². The summed E-state index contributed by atoms with van der Waals surface area (Å²) in [5.41, 5.74) is -0.288. The lowest BCUT2D eigenvalue weighted by atomic mass is 10.1. The average Bonchev–Trinajstić information content (AvgIpc) is 2.14. The number of alkyl halides is 3. The number of benzene rings is 1. The lowest BCUT2D eigenvalue weighted by molar-refractivity contribution is -0.119. The number of halogens is 4. The van der Waals surface area contributed by atoms with Gasteiger partial charge in [0.15, 0.2) is 0 Å². The van der Waals surface area contributed by atoms with Crippen LogP contribution in [0.5, 0.6) is 0 Å². The molecule has 0 amide bonds. The van der Waals surface area contributed by atoms with Crippen LogP contribution < -0.4 is 4.90 Å². The quantitative estimate of drug-likeness (QED) is 0.915. The monoisotopic (exact) mass is 267 g/mol. The molecule has 0 aliphatic rings. The number of nitrogens with zero attached hydrogens (tertiary/aromatic N) is 1. The summed E-state index contributed by atoms with van der Waals surface area (Å²) < 4.78 is 36.6. The van der Waals surface area contributed by atoms with Crippen molar-refractivity contribution in [1.82, 2.24) is 0 Å². The molecule has 17 heavy (non-hydrogen) atoms. The third-order valence-corrected chi connectivity index (χ3v) is 2.25. The summed E-state index contributed by atoms with van der Waals surface area (Å²) in [5.74, 6) is -1.30. The predicted molar refractivity (Wildman–Crippen MR) is 57.7 cm³/mol. The maximum absolute atomic E-state index is 12.2. The highest BCUT2D eigenvalue weighted by Gasteiger charge is 2.30. The summed E-state index contributed by atoms with van der Waals surface area (Å²) in [6.07, 6.45) is -4.41. The van der Waals surface area contributed by atoms with Crippen molar-refractivity contribution in [3.8, 4) is 0 Å². The molecule has 0 radical (unpaired) electrons. The number of hydrogen-bond acceptors (Lipinski definition) is 2.